The number of thiazole rings is 1. The van der Waals surface area contributed by atoms with E-state index in [-0.39, 0.29) is 0 Å². The van der Waals surface area contributed by atoms with E-state index >= 15 is 0 Å². The lowest BCUT2D eigenvalue weighted by atomic mass is 10.3. The monoisotopic (exact) mass is 202 g/mol. The predicted octanol–water partition coefficient (Wildman–Crippen LogP) is 1.85. The van der Waals surface area contributed by atoms with Crippen molar-refractivity contribution in [2.75, 3.05) is 0 Å². The minimum atomic E-state index is 0.849. The normalized spacial score (nSPS) is 10.9. The zero-order chi connectivity index (χ0) is 9.38. The van der Waals surface area contributed by atoms with E-state index in [1.807, 2.05) is 17.6 Å². The summed E-state index contributed by atoms with van der Waals surface area (Å²) in [5.41, 5.74) is 1.84. The Kier molecular flexibility index (Phi) is 1.57. The summed E-state index contributed by atoms with van der Waals surface area (Å²) in [5.74, 6) is 0. The van der Waals surface area contributed by atoms with Crippen LogP contribution in [0.3, 0.4) is 0 Å². The Labute approximate surface area is 83.9 Å². The molecule has 3 aromatic heterocycles. The van der Waals surface area contributed by atoms with E-state index < -0.39 is 0 Å². The highest BCUT2D eigenvalue weighted by Crippen LogP contribution is 2.24. The van der Waals surface area contributed by atoms with Crippen molar-refractivity contribution in [3.05, 3.63) is 36.2 Å². The van der Waals surface area contributed by atoms with Gasteiger partial charge in [-0.05, 0) is 6.07 Å². The SMILES string of the molecule is c1cnc2c(-c3nccs3)cnn2c1. The van der Waals surface area contributed by atoms with Crippen molar-refractivity contribution >= 4 is 17.0 Å². The predicted molar refractivity (Wildman–Crippen MR) is 54.1 cm³/mol. The van der Waals surface area contributed by atoms with Crippen molar-refractivity contribution < 1.29 is 0 Å². The highest BCUT2D eigenvalue weighted by Gasteiger charge is 2.08. The fourth-order valence-corrected chi connectivity index (χ4v) is 1.98. The summed E-state index contributed by atoms with van der Waals surface area (Å²) in [4.78, 5) is 8.50. The van der Waals surface area contributed by atoms with Gasteiger partial charge in [0.25, 0.3) is 0 Å². The first-order chi connectivity index (χ1) is 6.95. The third kappa shape index (κ3) is 1.03. The molecule has 3 aromatic rings. The smallest absolute Gasteiger partial charge is 0.165 e. The lowest BCUT2D eigenvalue weighted by Gasteiger charge is -1.91. The number of nitrogens with zero attached hydrogens (tertiary/aromatic N) is 4. The van der Waals surface area contributed by atoms with E-state index in [1.165, 1.54) is 0 Å². The molecule has 0 unspecified atom stereocenters. The minimum Gasteiger partial charge on any atom is -0.244 e. The standard InChI is InChI=1S/C9H6N4S/c1-2-10-8-7(6-12-13(8)4-1)9-11-3-5-14-9/h1-6H. The van der Waals surface area contributed by atoms with Crippen LogP contribution in [-0.2, 0) is 0 Å². The van der Waals surface area contributed by atoms with Crippen LogP contribution in [0.1, 0.15) is 0 Å². The summed E-state index contributed by atoms with van der Waals surface area (Å²) in [6, 6.07) is 1.85. The van der Waals surface area contributed by atoms with E-state index in [0.29, 0.717) is 0 Å². The Morgan fingerprint density at radius 1 is 1.21 bits per heavy atom. The van der Waals surface area contributed by atoms with Gasteiger partial charge in [0, 0.05) is 24.0 Å². The Balaban J connectivity index is 2.33. The molecule has 0 fully saturated rings. The first-order valence-electron chi connectivity index (χ1n) is 4.13. The highest BCUT2D eigenvalue weighted by molar-refractivity contribution is 7.13. The van der Waals surface area contributed by atoms with E-state index in [4.69, 9.17) is 0 Å². The van der Waals surface area contributed by atoms with E-state index in [1.54, 1.807) is 34.4 Å². The van der Waals surface area contributed by atoms with Gasteiger partial charge in [0.1, 0.15) is 5.01 Å². The van der Waals surface area contributed by atoms with E-state index in [0.717, 1.165) is 16.2 Å². The molecule has 0 saturated heterocycles. The zero-order valence-corrected chi connectivity index (χ0v) is 7.98. The zero-order valence-electron chi connectivity index (χ0n) is 7.16. The van der Waals surface area contributed by atoms with Crippen LogP contribution in [0.4, 0.5) is 0 Å². The second-order valence-corrected chi connectivity index (χ2v) is 3.68. The molecule has 0 aromatic carbocycles. The lowest BCUT2D eigenvalue weighted by molar-refractivity contribution is 0.939. The number of rotatable bonds is 1. The van der Waals surface area contributed by atoms with Crippen LogP contribution in [-0.4, -0.2) is 19.6 Å². The summed E-state index contributed by atoms with van der Waals surface area (Å²) < 4.78 is 1.75. The molecule has 0 aliphatic carbocycles. The number of hydrogen-bond acceptors (Lipinski definition) is 4. The molecular weight excluding hydrogens is 196 g/mol. The van der Waals surface area contributed by atoms with Gasteiger partial charge >= 0.3 is 0 Å². The average molecular weight is 202 g/mol. The summed E-state index contributed by atoms with van der Waals surface area (Å²) in [7, 11) is 0. The largest absolute Gasteiger partial charge is 0.244 e. The quantitative estimate of drug-likeness (QED) is 0.604. The van der Waals surface area contributed by atoms with Gasteiger partial charge in [0.05, 0.1) is 11.8 Å². The first-order valence-corrected chi connectivity index (χ1v) is 5.01. The van der Waals surface area contributed by atoms with Gasteiger partial charge in [-0.25, -0.2) is 14.5 Å². The molecule has 0 amide bonds. The molecule has 5 heteroatoms. The molecule has 14 heavy (non-hydrogen) atoms. The van der Waals surface area contributed by atoms with Gasteiger partial charge in [-0.15, -0.1) is 11.3 Å². The van der Waals surface area contributed by atoms with Crippen molar-refractivity contribution in [1.82, 2.24) is 19.6 Å². The van der Waals surface area contributed by atoms with Gasteiger partial charge in [-0.3, -0.25) is 0 Å². The van der Waals surface area contributed by atoms with Crippen LogP contribution >= 0.6 is 11.3 Å². The summed E-state index contributed by atoms with van der Waals surface area (Å²) in [5, 5.41) is 7.10. The molecule has 3 rings (SSSR count). The first kappa shape index (κ1) is 7.64. The Hall–Kier alpha value is -1.75. The second kappa shape index (κ2) is 2.88. The average Bonchev–Trinajstić information content (AvgIpc) is 2.85. The molecule has 4 nitrogen and oxygen atoms in total. The maximum Gasteiger partial charge on any atom is 0.165 e. The minimum absolute atomic E-state index is 0.849. The van der Waals surface area contributed by atoms with Crippen LogP contribution in [0.2, 0.25) is 0 Å². The fraction of sp³-hybridized carbons (Fsp3) is 0. The van der Waals surface area contributed by atoms with Gasteiger partial charge in [0.2, 0.25) is 0 Å². The molecule has 0 bridgehead atoms. The van der Waals surface area contributed by atoms with Crippen LogP contribution in [0.15, 0.2) is 36.2 Å². The maximum absolute atomic E-state index is 4.26. The molecule has 0 aliphatic heterocycles. The lowest BCUT2D eigenvalue weighted by Crippen LogP contribution is -1.87. The molecule has 0 aliphatic rings. The Bertz CT molecular complexity index is 555. The number of fused-ring (bicyclic) bond motifs is 1. The fourth-order valence-electron chi connectivity index (χ4n) is 1.33. The van der Waals surface area contributed by atoms with Crippen LogP contribution < -0.4 is 0 Å². The molecule has 0 spiro atoms. The van der Waals surface area contributed by atoms with Crippen LogP contribution in [0.5, 0.6) is 0 Å². The topological polar surface area (TPSA) is 43.1 Å². The molecule has 0 atom stereocenters. The third-order valence-corrected chi connectivity index (χ3v) is 2.75. The summed E-state index contributed by atoms with van der Waals surface area (Å²) in [6.45, 7) is 0. The van der Waals surface area contributed by atoms with Crippen molar-refractivity contribution in [3.63, 3.8) is 0 Å². The van der Waals surface area contributed by atoms with Crippen molar-refractivity contribution in [3.8, 4) is 10.6 Å². The Morgan fingerprint density at radius 2 is 2.21 bits per heavy atom. The molecule has 0 saturated carbocycles. The van der Waals surface area contributed by atoms with Gasteiger partial charge < -0.3 is 0 Å². The van der Waals surface area contributed by atoms with Crippen LogP contribution in [0, 0.1) is 0 Å². The van der Waals surface area contributed by atoms with E-state index in [9.17, 15) is 0 Å². The van der Waals surface area contributed by atoms with Crippen molar-refractivity contribution in [1.29, 1.82) is 0 Å². The molecule has 3 heterocycles. The summed E-state index contributed by atoms with van der Waals surface area (Å²) >= 11 is 1.59. The van der Waals surface area contributed by atoms with Gasteiger partial charge in [-0.2, -0.15) is 5.10 Å². The van der Waals surface area contributed by atoms with E-state index in [2.05, 4.69) is 15.1 Å². The molecule has 68 valence electrons. The molecule has 0 radical (unpaired) electrons. The number of hydrogen-bond donors (Lipinski definition) is 0. The van der Waals surface area contributed by atoms with Crippen molar-refractivity contribution in [2.24, 2.45) is 0 Å². The third-order valence-electron chi connectivity index (χ3n) is 1.94. The molecular formula is C9H6N4S. The maximum atomic E-state index is 4.26. The highest BCUT2D eigenvalue weighted by atomic mass is 32.1. The van der Waals surface area contributed by atoms with Gasteiger partial charge in [-0.1, -0.05) is 0 Å². The second-order valence-electron chi connectivity index (χ2n) is 2.78. The Morgan fingerprint density at radius 3 is 3.07 bits per heavy atom. The molecule has 0 N–H and O–H groups in total. The van der Waals surface area contributed by atoms with Crippen molar-refractivity contribution in [2.45, 2.75) is 0 Å². The number of aromatic nitrogens is 4. The van der Waals surface area contributed by atoms with Crippen LogP contribution in [0.25, 0.3) is 16.2 Å². The summed E-state index contributed by atoms with van der Waals surface area (Å²) in [6.07, 6.45) is 7.21. The van der Waals surface area contributed by atoms with Gasteiger partial charge in [0.15, 0.2) is 5.65 Å².